The molecule has 0 fully saturated rings. The van der Waals surface area contributed by atoms with Gasteiger partial charge in [-0.3, -0.25) is 9.89 Å². The third kappa shape index (κ3) is 3.40. The molecule has 9 heteroatoms. The zero-order valence-electron chi connectivity index (χ0n) is 16.6. The van der Waals surface area contributed by atoms with E-state index in [9.17, 15) is 4.79 Å². The summed E-state index contributed by atoms with van der Waals surface area (Å²) in [4.78, 5) is 21.8. The van der Waals surface area contributed by atoms with Gasteiger partial charge in [0.25, 0.3) is 5.56 Å². The number of hydrogen-bond acceptors (Lipinski definition) is 6. The second-order valence-electron chi connectivity index (χ2n) is 7.08. The Morgan fingerprint density at radius 2 is 2.17 bits per heavy atom. The molecule has 4 aromatic heterocycles. The van der Waals surface area contributed by atoms with Crippen LogP contribution < -0.4 is 16.0 Å². The van der Waals surface area contributed by atoms with Gasteiger partial charge in [0.05, 0.1) is 6.20 Å². The number of H-pyrrole nitrogens is 1. The number of hydrogen-bond donors (Lipinski definition) is 2. The minimum atomic E-state index is -0.0763. The zero-order chi connectivity index (χ0) is 20.5. The largest absolute Gasteiger partial charge is 0.492 e. The molecule has 0 bridgehead atoms. The van der Waals surface area contributed by atoms with E-state index in [1.165, 1.54) is 4.52 Å². The topological polar surface area (TPSA) is 116 Å². The summed E-state index contributed by atoms with van der Waals surface area (Å²) in [5, 5.41) is 7.42. The van der Waals surface area contributed by atoms with Crippen LogP contribution in [0, 0.1) is 6.92 Å². The fraction of sp³-hybridized carbons (Fsp3) is 0.300. The smallest absolute Gasteiger partial charge is 0.276 e. The van der Waals surface area contributed by atoms with E-state index >= 15 is 0 Å². The highest BCUT2D eigenvalue weighted by Crippen LogP contribution is 2.25. The maximum Gasteiger partial charge on any atom is 0.276 e. The molecular formula is C20H23N7O2. The first-order valence-electron chi connectivity index (χ1n) is 9.44. The fourth-order valence-corrected chi connectivity index (χ4v) is 3.39. The molecule has 0 saturated heterocycles. The van der Waals surface area contributed by atoms with E-state index in [0.29, 0.717) is 35.9 Å². The minimum Gasteiger partial charge on any atom is -0.492 e. The van der Waals surface area contributed by atoms with Gasteiger partial charge in [0, 0.05) is 53.6 Å². The molecule has 4 rings (SSSR count). The lowest BCUT2D eigenvalue weighted by Crippen LogP contribution is -2.22. The maximum atomic E-state index is 12.8. The summed E-state index contributed by atoms with van der Waals surface area (Å²) in [6, 6.07) is 3.57. The lowest BCUT2D eigenvalue weighted by atomic mass is 10.0. The summed E-state index contributed by atoms with van der Waals surface area (Å²) < 4.78 is 8.69. The molecule has 150 valence electrons. The quantitative estimate of drug-likeness (QED) is 0.518. The van der Waals surface area contributed by atoms with Crippen LogP contribution in [0.5, 0.6) is 5.75 Å². The molecule has 4 heterocycles. The Kier molecular flexibility index (Phi) is 4.89. The van der Waals surface area contributed by atoms with Crippen molar-refractivity contribution in [2.45, 2.75) is 26.7 Å². The Balaban J connectivity index is 1.74. The van der Waals surface area contributed by atoms with E-state index in [4.69, 9.17) is 10.5 Å². The van der Waals surface area contributed by atoms with Gasteiger partial charge in [0.15, 0.2) is 11.5 Å². The zero-order valence-corrected chi connectivity index (χ0v) is 16.6. The Hall–Kier alpha value is -3.46. The van der Waals surface area contributed by atoms with E-state index in [1.54, 1.807) is 35.4 Å². The standard InChI is InChI=1S/C20H23N7O2/c1-12(2)18-13(3)25-19-16(10-24-27(19)20(18)28)14-9-23-26(11-14)17-8-15(4-6-22-17)29-7-5-21/h4,6,8-12,24H,5,7,21H2,1-3H3. The summed E-state index contributed by atoms with van der Waals surface area (Å²) in [6.45, 7) is 6.72. The van der Waals surface area contributed by atoms with Gasteiger partial charge in [-0.2, -0.15) is 5.10 Å². The molecule has 9 nitrogen and oxygen atoms in total. The molecule has 0 aromatic carbocycles. The summed E-state index contributed by atoms with van der Waals surface area (Å²) in [5.41, 5.74) is 9.05. The van der Waals surface area contributed by atoms with Gasteiger partial charge >= 0.3 is 0 Å². The summed E-state index contributed by atoms with van der Waals surface area (Å²) >= 11 is 0. The van der Waals surface area contributed by atoms with E-state index in [2.05, 4.69) is 20.2 Å². The van der Waals surface area contributed by atoms with Crippen LogP contribution in [0.15, 0.2) is 41.7 Å². The molecule has 0 amide bonds. The van der Waals surface area contributed by atoms with Crippen LogP contribution in [0.3, 0.4) is 0 Å². The van der Waals surface area contributed by atoms with Crippen molar-refractivity contribution < 1.29 is 4.74 Å². The number of aromatic amines is 1. The van der Waals surface area contributed by atoms with E-state index in [-0.39, 0.29) is 11.5 Å². The van der Waals surface area contributed by atoms with Crippen molar-refractivity contribution in [3.8, 4) is 22.7 Å². The van der Waals surface area contributed by atoms with Crippen molar-refractivity contribution >= 4 is 5.65 Å². The second-order valence-corrected chi connectivity index (χ2v) is 7.08. The number of aryl methyl sites for hydroxylation is 1. The van der Waals surface area contributed by atoms with E-state index in [1.807, 2.05) is 27.0 Å². The predicted octanol–water partition coefficient (Wildman–Crippen LogP) is 2.04. The first kappa shape index (κ1) is 18.9. The first-order valence-corrected chi connectivity index (χ1v) is 9.44. The Morgan fingerprint density at radius 3 is 2.93 bits per heavy atom. The normalized spacial score (nSPS) is 11.5. The lowest BCUT2D eigenvalue weighted by molar-refractivity contribution is 0.328. The molecule has 0 atom stereocenters. The van der Waals surface area contributed by atoms with Crippen LogP contribution in [-0.2, 0) is 0 Å². The Morgan fingerprint density at radius 1 is 1.34 bits per heavy atom. The van der Waals surface area contributed by atoms with Crippen LogP contribution in [-0.4, -0.2) is 42.5 Å². The van der Waals surface area contributed by atoms with Gasteiger partial charge in [-0.05, 0) is 18.9 Å². The van der Waals surface area contributed by atoms with Gasteiger partial charge in [0.2, 0.25) is 0 Å². The van der Waals surface area contributed by atoms with Gasteiger partial charge in [0.1, 0.15) is 12.4 Å². The highest BCUT2D eigenvalue weighted by molar-refractivity contribution is 5.76. The fourth-order valence-electron chi connectivity index (χ4n) is 3.39. The molecular weight excluding hydrogens is 370 g/mol. The molecule has 3 N–H and O–H groups in total. The van der Waals surface area contributed by atoms with Crippen molar-refractivity contribution in [1.29, 1.82) is 0 Å². The van der Waals surface area contributed by atoms with Crippen molar-refractivity contribution in [3.63, 3.8) is 0 Å². The van der Waals surface area contributed by atoms with Crippen molar-refractivity contribution in [3.05, 3.63) is 58.5 Å². The number of nitrogens with zero attached hydrogens (tertiary/aromatic N) is 5. The van der Waals surface area contributed by atoms with Gasteiger partial charge in [-0.15, -0.1) is 0 Å². The minimum absolute atomic E-state index is 0.0763. The Labute approximate surface area is 167 Å². The molecule has 0 aliphatic heterocycles. The summed E-state index contributed by atoms with van der Waals surface area (Å²) in [5.74, 6) is 1.39. The second kappa shape index (κ2) is 7.51. The third-order valence-electron chi connectivity index (χ3n) is 4.70. The van der Waals surface area contributed by atoms with Crippen LogP contribution >= 0.6 is 0 Å². The summed E-state index contributed by atoms with van der Waals surface area (Å²) in [7, 11) is 0. The first-order chi connectivity index (χ1) is 14.0. The van der Waals surface area contributed by atoms with Gasteiger partial charge in [-0.25, -0.2) is 19.2 Å². The molecule has 0 saturated carbocycles. The molecule has 0 spiro atoms. The van der Waals surface area contributed by atoms with E-state index in [0.717, 1.165) is 16.8 Å². The maximum absolute atomic E-state index is 12.8. The number of pyridine rings is 1. The van der Waals surface area contributed by atoms with E-state index < -0.39 is 0 Å². The van der Waals surface area contributed by atoms with Crippen LogP contribution in [0.2, 0.25) is 0 Å². The number of rotatable bonds is 6. The van der Waals surface area contributed by atoms with Gasteiger partial charge < -0.3 is 10.5 Å². The number of nitrogens with one attached hydrogen (secondary N) is 1. The number of fused-ring (bicyclic) bond motifs is 1. The molecule has 29 heavy (non-hydrogen) atoms. The van der Waals surface area contributed by atoms with Crippen molar-refractivity contribution in [2.24, 2.45) is 5.73 Å². The SMILES string of the molecule is Cc1nc2c(-c3cnn(-c4cc(OCCN)ccn4)c3)c[nH]n2c(=O)c1C(C)C. The molecule has 0 radical (unpaired) electrons. The lowest BCUT2D eigenvalue weighted by Gasteiger charge is -2.08. The molecule has 0 unspecified atom stereocenters. The molecule has 4 aromatic rings. The van der Waals surface area contributed by atoms with Crippen LogP contribution in [0.4, 0.5) is 0 Å². The van der Waals surface area contributed by atoms with Gasteiger partial charge in [-0.1, -0.05) is 13.8 Å². The number of aromatic nitrogens is 6. The highest BCUT2D eigenvalue weighted by atomic mass is 16.5. The highest BCUT2D eigenvalue weighted by Gasteiger charge is 2.17. The van der Waals surface area contributed by atoms with Crippen molar-refractivity contribution in [2.75, 3.05) is 13.2 Å². The van der Waals surface area contributed by atoms with Crippen LogP contribution in [0.1, 0.15) is 31.0 Å². The third-order valence-corrected chi connectivity index (χ3v) is 4.70. The predicted molar refractivity (Wildman–Crippen MR) is 110 cm³/mol. The average Bonchev–Trinajstić information content (AvgIpc) is 3.33. The average molecular weight is 393 g/mol. The summed E-state index contributed by atoms with van der Waals surface area (Å²) in [6.07, 6.45) is 6.99. The van der Waals surface area contributed by atoms with Crippen LogP contribution in [0.25, 0.3) is 22.6 Å². The molecule has 0 aliphatic carbocycles. The number of ether oxygens (including phenoxy) is 1. The van der Waals surface area contributed by atoms with Crippen molar-refractivity contribution in [1.82, 2.24) is 29.4 Å². The molecule has 0 aliphatic rings. The Bertz CT molecular complexity index is 1220. The monoisotopic (exact) mass is 393 g/mol. The number of nitrogens with two attached hydrogens (primary N) is 1.